The maximum absolute atomic E-state index is 11.3. The Bertz CT molecular complexity index is 549. The monoisotopic (exact) mass is 320 g/mol. The predicted molar refractivity (Wildman–Crippen MR) is 87.8 cm³/mol. The Morgan fingerprint density at radius 1 is 1.09 bits per heavy atom. The van der Waals surface area contributed by atoms with Crippen LogP contribution in [-0.2, 0) is 4.74 Å². The highest BCUT2D eigenvalue weighted by molar-refractivity contribution is 5.28. The minimum atomic E-state index is -0.244. The van der Waals surface area contributed by atoms with Crippen molar-refractivity contribution in [3.63, 3.8) is 0 Å². The Labute approximate surface area is 139 Å². The summed E-state index contributed by atoms with van der Waals surface area (Å²) in [5.74, 6) is 1.67. The Morgan fingerprint density at radius 3 is 2.61 bits per heavy atom. The zero-order valence-corrected chi connectivity index (χ0v) is 14.8. The second-order valence-electron chi connectivity index (χ2n) is 10.3. The molecule has 0 aromatic carbocycles. The van der Waals surface area contributed by atoms with Gasteiger partial charge in [0.05, 0.1) is 17.8 Å². The first kappa shape index (κ1) is 15.2. The van der Waals surface area contributed by atoms with Crippen molar-refractivity contribution in [2.24, 2.45) is 34.0 Å². The van der Waals surface area contributed by atoms with Gasteiger partial charge in [-0.05, 0) is 74.0 Å². The largest absolute Gasteiger partial charge is 0.396 e. The van der Waals surface area contributed by atoms with Gasteiger partial charge in [0, 0.05) is 12.0 Å². The van der Waals surface area contributed by atoms with Gasteiger partial charge in [0.25, 0.3) is 0 Å². The second-order valence-corrected chi connectivity index (χ2v) is 10.3. The molecular weight excluding hydrogens is 288 g/mol. The molecule has 130 valence electrons. The highest BCUT2D eigenvalue weighted by Crippen LogP contribution is 2.77. The summed E-state index contributed by atoms with van der Waals surface area (Å²) in [4.78, 5) is 0. The molecule has 0 aromatic heterocycles. The van der Waals surface area contributed by atoms with E-state index in [9.17, 15) is 10.2 Å². The summed E-state index contributed by atoms with van der Waals surface area (Å²) >= 11 is 0. The van der Waals surface area contributed by atoms with Crippen LogP contribution in [-0.4, -0.2) is 34.6 Å². The van der Waals surface area contributed by atoms with E-state index in [0.717, 1.165) is 12.8 Å². The van der Waals surface area contributed by atoms with Gasteiger partial charge in [0.2, 0.25) is 0 Å². The third-order valence-corrected chi connectivity index (χ3v) is 9.52. The van der Waals surface area contributed by atoms with Crippen LogP contribution in [0.2, 0.25) is 0 Å². The number of hydrogen-bond acceptors (Lipinski definition) is 3. The van der Waals surface area contributed by atoms with Crippen molar-refractivity contribution in [3.8, 4) is 0 Å². The standard InChI is InChI=1S/C20H32O3/c1-17(11-21)7-4-8-18(2)13-6-5-12-10-20(13,15(22)9-14(17)18)16-19(12,3)23-16/h12-16,21-22H,4-11H2,1-3H3/t12-,13+,14-,15-,16+,17-,18+,19+,20-/m1/s1. The Kier molecular flexibility index (Phi) is 2.74. The highest BCUT2D eigenvalue weighted by atomic mass is 16.6. The molecule has 1 aliphatic heterocycles. The maximum atomic E-state index is 11.3. The summed E-state index contributed by atoms with van der Waals surface area (Å²) in [6.45, 7) is 7.30. The maximum Gasteiger partial charge on any atom is 0.0957 e. The lowest BCUT2D eigenvalue weighted by molar-refractivity contribution is -0.220. The van der Waals surface area contributed by atoms with Gasteiger partial charge >= 0.3 is 0 Å². The number of hydrogen-bond donors (Lipinski definition) is 2. The number of ether oxygens (including phenoxy) is 1. The summed E-state index contributed by atoms with van der Waals surface area (Å²) in [7, 11) is 0. The lowest BCUT2D eigenvalue weighted by Gasteiger charge is -2.65. The lowest BCUT2D eigenvalue weighted by Crippen LogP contribution is -2.63. The molecule has 5 rings (SSSR count). The molecule has 1 spiro atoms. The van der Waals surface area contributed by atoms with E-state index in [1.54, 1.807) is 0 Å². The molecule has 2 bridgehead atoms. The molecule has 4 saturated carbocycles. The summed E-state index contributed by atoms with van der Waals surface area (Å²) in [5.41, 5.74) is 0.320. The molecule has 4 aliphatic carbocycles. The van der Waals surface area contributed by atoms with Crippen molar-refractivity contribution < 1.29 is 14.9 Å². The molecule has 23 heavy (non-hydrogen) atoms. The van der Waals surface area contributed by atoms with E-state index in [2.05, 4.69) is 20.8 Å². The molecule has 0 aromatic rings. The quantitative estimate of drug-likeness (QED) is 0.730. The van der Waals surface area contributed by atoms with E-state index in [-0.39, 0.29) is 34.6 Å². The minimum Gasteiger partial charge on any atom is -0.396 e. The first-order chi connectivity index (χ1) is 10.8. The number of aliphatic hydroxyl groups excluding tert-OH is 2. The average molecular weight is 320 g/mol. The predicted octanol–water partition coefficient (Wildman–Crippen LogP) is 3.13. The molecule has 2 N–H and O–H groups in total. The van der Waals surface area contributed by atoms with Crippen LogP contribution >= 0.6 is 0 Å². The molecule has 9 atom stereocenters. The second kappa shape index (κ2) is 4.16. The SMILES string of the molecule is C[C@]1(CO)CCC[C@]2(C)[C@@H]1C[C@@H](O)[C@@]13C[C@@H](CC[C@@H]21)[C@]1(C)O[C@@H]13. The summed E-state index contributed by atoms with van der Waals surface area (Å²) < 4.78 is 6.23. The fourth-order valence-electron chi connectivity index (χ4n) is 8.37. The Hall–Kier alpha value is -0.120. The van der Waals surface area contributed by atoms with Crippen LogP contribution in [0.5, 0.6) is 0 Å². The molecule has 3 heteroatoms. The number of fused-ring (bicyclic) bond motifs is 5. The zero-order valence-electron chi connectivity index (χ0n) is 14.8. The fraction of sp³-hybridized carbons (Fsp3) is 1.00. The molecule has 0 radical (unpaired) electrons. The van der Waals surface area contributed by atoms with Crippen molar-refractivity contribution in [1.82, 2.24) is 0 Å². The van der Waals surface area contributed by atoms with E-state index < -0.39 is 0 Å². The summed E-state index contributed by atoms with van der Waals surface area (Å²) in [5, 5.41) is 21.4. The van der Waals surface area contributed by atoms with Gasteiger partial charge in [-0.25, -0.2) is 0 Å². The molecule has 1 saturated heterocycles. The summed E-state index contributed by atoms with van der Waals surface area (Å²) in [6.07, 6.45) is 8.21. The van der Waals surface area contributed by atoms with Crippen LogP contribution in [0.3, 0.4) is 0 Å². The van der Waals surface area contributed by atoms with E-state index in [1.807, 2.05) is 0 Å². The van der Waals surface area contributed by atoms with E-state index >= 15 is 0 Å². The van der Waals surface area contributed by atoms with Gasteiger partial charge in [-0.1, -0.05) is 20.3 Å². The first-order valence-corrected chi connectivity index (χ1v) is 9.78. The molecule has 0 amide bonds. The normalized spacial score (nSPS) is 66.4. The smallest absolute Gasteiger partial charge is 0.0957 e. The van der Waals surface area contributed by atoms with Crippen molar-refractivity contribution in [1.29, 1.82) is 0 Å². The average Bonchev–Trinajstić information content (AvgIpc) is 3.19. The van der Waals surface area contributed by atoms with Crippen molar-refractivity contribution >= 4 is 0 Å². The summed E-state index contributed by atoms with van der Waals surface area (Å²) in [6, 6.07) is 0. The molecule has 5 fully saturated rings. The minimum absolute atomic E-state index is 0.0105. The van der Waals surface area contributed by atoms with E-state index in [1.165, 1.54) is 32.1 Å². The van der Waals surface area contributed by atoms with Crippen LogP contribution in [0, 0.1) is 34.0 Å². The molecule has 1 heterocycles. The third kappa shape index (κ3) is 1.50. The van der Waals surface area contributed by atoms with Crippen LogP contribution in [0.25, 0.3) is 0 Å². The number of aliphatic hydroxyl groups is 2. The van der Waals surface area contributed by atoms with Gasteiger partial charge in [0.1, 0.15) is 0 Å². The van der Waals surface area contributed by atoms with Gasteiger partial charge in [-0.3, -0.25) is 0 Å². The molecule has 0 unspecified atom stereocenters. The van der Waals surface area contributed by atoms with Crippen LogP contribution in [0.15, 0.2) is 0 Å². The highest BCUT2D eigenvalue weighted by Gasteiger charge is 2.81. The first-order valence-electron chi connectivity index (χ1n) is 9.78. The van der Waals surface area contributed by atoms with Crippen LogP contribution < -0.4 is 0 Å². The van der Waals surface area contributed by atoms with Crippen molar-refractivity contribution in [2.75, 3.05) is 6.61 Å². The third-order valence-electron chi connectivity index (χ3n) is 9.52. The Balaban J connectivity index is 1.61. The molecular formula is C20H32O3. The molecule has 3 nitrogen and oxygen atoms in total. The van der Waals surface area contributed by atoms with Gasteiger partial charge < -0.3 is 14.9 Å². The van der Waals surface area contributed by atoms with Crippen molar-refractivity contribution in [3.05, 3.63) is 0 Å². The van der Waals surface area contributed by atoms with Gasteiger partial charge in [0.15, 0.2) is 0 Å². The topological polar surface area (TPSA) is 53.0 Å². The van der Waals surface area contributed by atoms with Crippen LogP contribution in [0.1, 0.15) is 65.7 Å². The molecule has 5 aliphatic rings. The van der Waals surface area contributed by atoms with E-state index in [0.29, 0.717) is 23.9 Å². The van der Waals surface area contributed by atoms with Crippen molar-refractivity contribution in [2.45, 2.75) is 83.5 Å². The number of rotatable bonds is 1. The fourth-order valence-corrected chi connectivity index (χ4v) is 8.37. The van der Waals surface area contributed by atoms with Crippen LogP contribution in [0.4, 0.5) is 0 Å². The number of epoxide rings is 1. The van der Waals surface area contributed by atoms with E-state index in [4.69, 9.17) is 4.74 Å². The zero-order chi connectivity index (χ0) is 16.3. The van der Waals surface area contributed by atoms with Gasteiger partial charge in [-0.2, -0.15) is 0 Å². The lowest BCUT2D eigenvalue weighted by atomic mass is 9.40. The Morgan fingerprint density at radius 2 is 1.87 bits per heavy atom. The van der Waals surface area contributed by atoms with Gasteiger partial charge in [-0.15, -0.1) is 0 Å².